The zero-order chi connectivity index (χ0) is 15.1. The summed E-state index contributed by atoms with van der Waals surface area (Å²) in [6.45, 7) is 0. The molecule has 0 aromatic heterocycles. The standard InChI is InChI=1S/C6H8O7.2Na.H3O4P.7H2O.2H/c7-3(8)1-6(13,5(11)12)2-4(9)10;;;1-5(2,3)4;;;;;;;;;/h13H,1-2H2,(H,7,8)(H,9,10)(H,11,12);;;(H3,1,2,3,4);7*1H2;;. The number of carboxylic acid groups (broad SMARTS) is 3. The molecule has 0 spiro atoms. The Morgan fingerprint density at radius 3 is 0.889 bits per heavy atom. The second kappa shape index (κ2) is 30.9. The molecule has 0 atom stereocenters. The van der Waals surface area contributed by atoms with Gasteiger partial charge in [0.05, 0.1) is 12.8 Å². The summed E-state index contributed by atoms with van der Waals surface area (Å²) >= 11 is 0. The molecule has 0 fully saturated rings. The normalized spacial score (nSPS) is 7.41. The van der Waals surface area contributed by atoms with E-state index in [1.54, 1.807) is 0 Å². The predicted molar refractivity (Wildman–Crippen MR) is 90.9 cm³/mol. The van der Waals surface area contributed by atoms with E-state index in [1.165, 1.54) is 0 Å². The zero-order valence-electron chi connectivity index (χ0n) is 12.1. The summed E-state index contributed by atoms with van der Waals surface area (Å²) in [6, 6.07) is 0. The molecular formula is C6H27Na2O18P. The molecule has 0 aromatic rings. The summed E-state index contributed by atoms with van der Waals surface area (Å²) < 4.78 is 8.88. The molecule has 0 unspecified atom stereocenters. The van der Waals surface area contributed by atoms with E-state index in [0.29, 0.717) is 0 Å². The Morgan fingerprint density at radius 2 is 0.815 bits per heavy atom. The molecule has 18 nitrogen and oxygen atoms in total. The predicted octanol–water partition coefficient (Wildman–Crippen LogP) is -9.25. The molecule has 21 N–H and O–H groups in total. The van der Waals surface area contributed by atoms with E-state index in [1.807, 2.05) is 0 Å². The van der Waals surface area contributed by atoms with Crippen LogP contribution >= 0.6 is 7.82 Å². The van der Waals surface area contributed by atoms with Gasteiger partial charge in [-0.1, -0.05) is 0 Å². The quantitative estimate of drug-likeness (QED) is 0.148. The van der Waals surface area contributed by atoms with Gasteiger partial charge in [-0.2, -0.15) is 0 Å². The van der Waals surface area contributed by atoms with Gasteiger partial charge >= 0.3 is 84.8 Å². The minimum atomic E-state index is -4.64. The van der Waals surface area contributed by atoms with Crippen LogP contribution < -0.4 is 0 Å². The third kappa shape index (κ3) is 58.5. The molecule has 0 saturated heterocycles. The average molecular weight is 464 g/mol. The molecule has 0 radical (unpaired) electrons. The van der Waals surface area contributed by atoms with E-state index in [9.17, 15) is 14.4 Å². The van der Waals surface area contributed by atoms with E-state index in [-0.39, 0.29) is 97.4 Å². The number of hydrogen-bond donors (Lipinski definition) is 7. The van der Waals surface area contributed by atoms with Gasteiger partial charge in [0.2, 0.25) is 0 Å². The van der Waals surface area contributed by atoms with E-state index < -0.39 is 44.2 Å². The van der Waals surface area contributed by atoms with E-state index >= 15 is 0 Å². The van der Waals surface area contributed by atoms with Crippen molar-refractivity contribution in [1.29, 1.82) is 0 Å². The molecular weight excluding hydrogens is 437 g/mol. The molecule has 0 amide bonds. The maximum atomic E-state index is 10.3. The van der Waals surface area contributed by atoms with Crippen molar-refractivity contribution in [3.8, 4) is 0 Å². The van der Waals surface area contributed by atoms with Gasteiger partial charge in [-0.15, -0.1) is 0 Å². The van der Waals surface area contributed by atoms with Gasteiger partial charge in [0.15, 0.2) is 5.60 Å². The average Bonchev–Trinajstić information content (AvgIpc) is 1.95. The van der Waals surface area contributed by atoms with Crippen LogP contribution in [0, 0.1) is 0 Å². The number of aliphatic carboxylic acids is 3. The summed E-state index contributed by atoms with van der Waals surface area (Å²) in [4.78, 5) is 52.0. The summed E-state index contributed by atoms with van der Waals surface area (Å²) in [5, 5.41) is 33.8. The number of rotatable bonds is 5. The molecule has 0 aliphatic heterocycles. The van der Waals surface area contributed by atoms with Gasteiger partial charge in [0, 0.05) is 0 Å². The molecule has 0 aromatic carbocycles. The second-order valence-corrected chi connectivity index (χ2v) is 4.02. The molecule has 27 heavy (non-hydrogen) atoms. The summed E-state index contributed by atoms with van der Waals surface area (Å²) in [7, 11) is -4.64. The second-order valence-electron chi connectivity index (χ2n) is 2.99. The summed E-state index contributed by atoms with van der Waals surface area (Å²) in [5.74, 6) is -5.02. The maximum absolute atomic E-state index is 10.3. The number of carboxylic acids is 3. The van der Waals surface area contributed by atoms with Crippen molar-refractivity contribution >= 4 is 84.8 Å². The molecule has 0 bridgehead atoms. The van der Waals surface area contributed by atoms with Crippen LogP contribution in [-0.4, -0.2) is 156 Å². The van der Waals surface area contributed by atoms with Gasteiger partial charge in [-0.25, -0.2) is 9.36 Å². The molecule has 0 rings (SSSR count). The topological polar surface area (TPSA) is 430 Å². The Hall–Kier alpha value is 0.200. The number of aliphatic hydroxyl groups is 1. The van der Waals surface area contributed by atoms with Crippen molar-refractivity contribution in [3.05, 3.63) is 0 Å². The Morgan fingerprint density at radius 1 is 0.667 bits per heavy atom. The fourth-order valence-electron chi connectivity index (χ4n) is 0.714. The fourth-order valence-corrected chi connectivity index (χ4v) is 0.714. The van der Waals surface area contributed by atoms with Crippen molar-refractivity contribution in [1.82, 2.24) is 0 Å². The Bertz CT molecular complexity index is 358. The van der Waals surface area contributed by atoms with Gasteiger partial charge in [0.1, 0.15) is 0 Å². The van der Waals surface area contributed by atoms with Crippen molar-refractivity contribution in [3.63, 3.8) is 0 Å². The SMILES string of the molecule is O.O.O.O.O.O.O.O=C(O)CC(O)(CC(=O)O)C(=O)O.O=P(O)(O)O.[NaH].[NaH]. The van der Waals surface area contributed by atoms with E-state index in [4.69, 9.17) is 39.7 Å². The van der Waals surface area contributed by atoms with E-state index in [0.717, 1.165) is 0 Å². The Labute approximate surface area is 194 Å². The van der Waals surface area contributed by atoms with Crippen LogP contribution in [-0.2, 0) is 18.9 Å². The van der Waals surface area contributed by atoms with Crippen LogP contribution in [0.3, 0.4) is 0 Å². The Kier molecular flexibility index (Phi) is 81.5. The monoisotopic (exact) mass is 464 g/mol. The van der Waals surface area contributed by atoms with Gasteiger partial charge in [-0.3, -0.25) is 9.59 Å². The van der Waals surface area contributed by atoms with Crippen LogP contribution in [0.25, 0.3) is 0 Å². The molecule has 0 aliphatic carbocycles. The van der Waals surface area contributed by atoms with Crippen molar-refractivity contribution in [2.75, 3.05) is 0 Å². The summed E-state index contributed by atoms with van der Waals surface area (Å²) in [5.41, 5.74) is -2.74. The molecule has 0 saturated carbocycles. The fraction of sp³-hybridized carbons (Fsp3) is 0.500. The van der Waals surface area contributed by atoms with Crippen LogP contribution in [0.2, 0.25) is 0 Å². The molecule has 21 heteroatoms. The van der Waals surface area contributed by atoms with Gasteiger partial charge in [0.25, 0.3) is 0 Å². The first-order chi connectivity index (χ1) is 7.78. The van der Waals surface area contributed by atoms with Crippen molar-refractivity contribution in [2.24, 2.45) is 0 Å². The van der Waals surface area contributed by atoms with Crippen LogP contribution in [0.15, 0.2) is 0 Å². The molecule has 166 valence electrons. The van der Waals surface area contributed by atoms with Crippen LogP contribution in [0.1, 0.15) is 12.8 Å². The third-order valence-corrected chi connectivity index (χ3v) is 1.29. The van der Waals surface area contributed by atoms with Crippen molar-refractivity contribution in [2.45, 2.75) is 18.4 Å². The Balaban J connectivity index is -0.0000000185. The van der Waals surface area contributed by atoms with Gasteiger partial charge < -0.3 is 73.4 Å². The first kappa shape index (κ1) is 71.1. The first-order valence-electron chi connectivity index (χ1n) is 3.95. The molecule has 0 aliphatic rings. The van der Waals surface area contributed by atoms with Crippen molar-refractivity contribution < 1.29 is 92.4 Å². The number of carbonyl (C=O) groups is 3. The number of hydrogen-bond acceptors (Lipinski definition) is 5. The van der Waals surface area contributed by atoms with Crippen LogP contribution in [0.4, 0.5) is 0 Å². The van der Waals surface area contributed by atoms with Crippen LogP contribution in [0.5, 0.6) is 0 Å². The van der Waals surface area contributed by atoms with E-state index in [2.05, 4.69) is 0 Å². The number of phosphoric acid groups is 1. The summed E-state index contributed by atoms with van der Waals surface area (Å²) in [6.07, 6.45) is -2.29. The molecule has 0 heterocycles. The van der Waals surface area contributed by atoms with Gasteiger partial charge in [-0.05, 0) is 0 Å². The minimum absolute atomic E-state index is 0. The third-order valence-electron chi connectivity index (χ3n) is 1.29. The first-order valence-corrected chi connectivity index (χ1v) is 5.52. The zero-order valence-corrected chi connectivity index (χ0v) is 13.0.